The molecule has 2 N–H and O–H groups in total. The van der Waals surface area contributed by atoms with Crippen LogP contribution in [0.15, 0.2) is 52.4 Å². The minimum atomic E-state index is -0.664. The Labute approximate surface area is 194 Å². The molecule has 33 heavy (non-hydrogen) atoms. The van der Waals surface area contributed by atoms with Crippen molar-refractivity contribution in [3.63, 3.8) is 0 Å². The first-order valence-electron chi connectivity index (χ1n) is 10.5. The number of thioether (sulfide) groups is 1. The van der Waals surface area contributed by atoms with E-state index in [9.17, 15) is 14.4 Å². The number of urea groups is 1. The molecular weight excluding hydrogens is 444 g/mol. The van der Waals surface area contributed by atoms with E-state index < -0.39 is 11.9 Å². The molecule has 0 aliphatic carbocycles. The monoisotopic (exact) mass is 468 g/mol. The largest absolute Gasteiger partial charge is 0.454 e. The Kier molecular flexibility index (Phi) is 6.83. The van der Waals surface area contributed by atoms with Crippen LogP contribution in [0.5, 0.6) is 11.5 Å². The third-order valence-corrected chi connectivity index (χ3v) is 5.95. The van der Waals surface area contributed by atoms with Crippen molar-refractivity contribution >= 4 is 40.3 Å². The molecule has 10 heteroatoms. The lowest BCUT2D eigenvalue weighted by Gasteiger charge is -2.14. The number of aromatic nitrogens is 2. The van der Waals surface area contributed by atoms with Gasteiger partial charge < -0.3 is 14.8 Å². The van der Waals surface area contributed by atoms with Gasteiger partial charge in [-0.15, -0.1) is 0 Å². The van der Waals surface area contributed by atoms with Gasteiger partial charge in [-0.2, -0.15) is 0 Å². The van der Waals surface area contributed by atoms with E-state index in [4.69, 9.17) is 9.47 Å². The molecule has 0 atom stereocenters. The van der Waals surface area contributed by atoms with Gasteiger partial charge in [-0.05, 0) is 36.6 Å². The summed E-state index contributed by atoms with van der Waals surface area (Å²) in [6.07, 6.45) is 0.803. The van der Waals surface area contributed by atoms with E-state index in [1.54, 1.807) is 41.0 Å². The summed E-state index contributed by atoms with van der Waals surface area (Å²) in [4.78, 5) is 42.2. The van der Waals surface area contributed by atoms with Gasteiger partial charge in [0.15, 0.2) is 16.7 Å². The first-order chi connectivity index (χ1) is 15.9. The molecule has 0 saturated heterocycles. The number of rotatable bonds is 7. The molecule has 1 aliphatic heterocycles. The third kappa shape index (κ3) is 5.46. The summed E-state index contributed by atoms with van der Waals surface area (Å²) in [5.74, 6) is 0.956. The Morgan fingerprint density at radius 3 is 2.76 bits per heavy atom. The van der Waals surface area contributed by atoms with Gasteiger partial charge in [-0.3, -0.25) is 19.5 Å². The van der Waals surface area contributed by atoms with Gasteiger partial charge in [0.2, 0.25) is 12.7 Å². The van der Waals surface area contributed by atoms with Crippen LogP contribution >= 0.6 is 11.8 Å². The maximum absolute atomic E-state index is 13.0. The average Bonchev–Trinajstić information content (AvgIpc) is 3.25. The second-order valence-electron chi connectivity index (χ2n) is 7.91. The topological polar surface area (TPSA) is 112 Å². The second-order valence-corrected chi connectivity index (χ2v) is 8.85. The molecule has 9 nitrogen and oxygen atoms in total. The van der Waals surface area contributed by atoms with E-state index in [1.807, 2.05) is 6.07 Å². The van der Waals surface area contributed by atoms with Crippen LogP contribution in [0.2, 0.25) is 0 Å². The van der Waals surface area contributed by atoms with Gasteiger partial charge in [0.05, 0.1) is 16.7 Å². The van der Waals surface area contributed by atoms with Crippen molar-refractivity contribution in [2.24, 2.45) is 5.92 Å². The van der Waals surface area contributed by atoms with Gasteiger partial charge in [0, 0.05) is 18.3 Å². The van der Waals surface area contributed by atoms with Crippen molar-refractivity contribution < 1.29 is 19.1 Å². The predicted octanol–water partition coefficient (Wildman–Crippen LogP) is 3.61. The van der Waals surface area contributed by atoms with E-state index >= 15 is 0 Å². The molecular formula is C23H24N4O5S. The zero-order valence-electron chi connectivity index (χ0n) is 18.3. The quantitative estimate of drug-likeness (QED) is 0.402. The number of para-hydroxylation sites is 1. The summed E-state index contributed by atoms with van der Waals surface area (Å²) in [5.41, 5.74) is 0.910. The van der Waals surface area contributed by atoms with Gasteiger partial charge in [0.25, 0.3) is 5.56 Å². The van der Waals surface area contributed by atoms with Crippen molar-refractivity contribution in [2.45, 2.75) is 32.0 Å². The third-order valence-electron chi connectivity index (χ3n) is 4.97. The zero-order valence-corrected chi connectivity index (χ0v) is 19.1. The summed E-state index contributed by atoms with van der Waals surface area (Å²) >= 11 is 1.12. The van der Waals surface area contributed by atoms with E-state index in [0.29, 0.717) is 45.7 Å². The summed E-state index contributed by atoms with van der Waals surface area (Å²) in [7, 11) is 0. The highest BCUT2D eigenvalue weighted by atomic mass is 32.2. The molecule has 4 rings (SSSR count). The number of anilines is 1. The van der Waals surface area contributed by atoms with Crippen molar-refractivity contribution in [1.29, 1.82) is 0 Å². The molecule has 0 fully saturated rings. The lowest BCUT2D eigenvalue weighted by molar-refractivity contribution is -0.117. The summed E-state index contributed by atoms with van der Waals surface area (Å²) in [6.45, 7) is 4.80. The van der Waals surface area contributed by atoms with Crippen LogP contribution in [-0.4, -0.2) is 34.0 Å². The normalized spacial score (nSPS) is 12.2. The summed E-state index contributed by atoms with van der Waals surface area (Å²) in [6, 6.07) is 11.4. The van der Waals surface area contributed by atoms with E-state index in [0.717, 1.165) is 18.2 Å². The number of carbonyl (C=O) groups excluding carboxylic acids is 2. The molecule has 3 aromatic rings. The highest BCUT2D eigenvalue weighted by Crippen LogP contribution is 2.34. The minimum Gasteiger partial charge on any atom is -0.454 e. The molecule has 0 spiro atoms. The lowest BCUT2D eigenvalue weighted by Crippen LogP contribution is -2.35. The number of fused-ring (bicyclic) bond motifs is 2. The number of benzene rings is 2. The standard InChI is InChI=1S/C23H24N4O5S/c1-14(2)9-10-27-21(29)16-5-3-4-6-17(16)25-23(27)33-12-20(28)26-22(30)24-15-7-8-18-19(11-15)32-13-31-18/h3-8,11,14H,9-10,12-13H2,1-2H3,(H2,24,26,28,30). The van der Waals surface area contributed by atoms with Crippen LogP contribution < -0.4 is 25.7 Å². The summed E-state index contributed by atoms with van der Waals surface area (Å²) in [5, 5.41) is 5.87. The first-order valence-corrected chi connectivity index (χ1v) is 11.5. The van der Waals surface area contributed by atoms with Crippen LogP contribution in [0.1, 0.15) is 20.3 Å². The average molecular weight is 469 g/mol. The van der Waals surface area contributed by atoms with Crippen molar-refractivity contribution in [2.75, 3.05) is 17.9 Å². The molecule has 0 bridgehead atoms. The number of amides is 3. The van der Waals surface area contributed by atoms with Crippen LogP contribution in [0, 0.1) is 5.92 Å². The second kappa shape index (κ2) is 9.95. The molecule has 172 valence electrons. The van der Waals surface area contributed by atoms with E-state index in [-0.39, 0.29) is 18.1 Å². The fourth-order valence-corrected chi connectivity index (χ4v) is 4.10. The number of imide groups is 1. The molecule has 1 aliphatic rings. The molecule has 2 heterocycles. The fourth-order valence-electron chi connectivity index (χ4n) is 3.27. The van der Waals surface area contributed by atoms with Gasteiger partial charge in [-0.1, -0.05) is 37.7 Å². The lowest BCUT2D eigenvalue weighted by atomic mass is 10.1. The minimum absolute atomic E-state index is 0.0684. The molecule has 0 unspecified atom stereocenters. The Balaban J connectivity index is 1.41. The maximum atomic E-state index is 13.0. The van der Waals surface area contributed by atoms with Gasteiger partial charge in [0.1, 0.15) is 0 Å². The number of ether oxygens (including phenoxy) is 2. The zero-order chi connectivity index (χ0) is 23.4. The van der Waals surface area contributed by atoms with Gasteiger partial charge in [-0.25, -0.2) is 9.78 Å². The smallest absolute Gasteiger partial charge is 0.325 e. The van der Waals surface area contributed by atoms with Crippen LogP contribution in [-0.2, 0) is 11.3 Å². The van der Waals surface area contributed by atoms with Crippen molar-refractivity contribution in [3.05, 3.63) is 52.8 Å². The summed E-state index contributed by atoms with van der Waals surface area (Å²) < 4.78 is 12.1. The first kappa shape index (κ1) is 22.7. The maximum Gasteiger partial charge on any atom is 0.325 e. The Hall–Kier alpha value is -3.53. The predicted molar refractivity (Wildman–Crippen MR) is 126 cm³/mol. The molecule has 0 saturated carbocycles. The van der Waals surface area contributed by atoms with Crippen LogP contribution in [0.3, 0.4) is 0 Å². The Morgan fingerprint density at radius 1 is 1.15 bits per heavy atom. The fraction of sp³-hybridized carbons (Fsp3) is 0.304. The van der Waals surface area contributed by atoms with E-state index in [2.05, 4.69) is 29.5 Å². The molecule has 2 aromatic carbocycles. The Morgan fingerprint density at radius 2 is 1.94 bits per heavy atom. The van der Waals surface area contributed by atoms with E-state index in [1.165, 1.54) is 0 Å². The highest BCUT2D eigenvalue weighted by molar-refractivity contribution is 7.99. The number of carbonyl (C=O) groups is 2. The SMILES string of the molecule is CC(C)CCn1c(SCC(=O)NC(=O)Nc2ccc3c(c2)OCO3)nc2ccccc2c1=O. The molecule has 1 aromatic heterocycles. The number of nitrogens with one attached hydrogen (secondary N) is 2. The highest BCUT2D eigenvalue weighted by Gasteiger charge is 2.17. The van der Waals surface area contributed by atoms with Crippen molar-refractivity contribution in [1.82, 2.24) is 14.9 Å². The van der Waals surface area contributed by atoms with Crippen LogP contribution in [0.25, 0.3) is 10.9 Å². The number of hydrogen-bond acceptors (Lipinski definition) is 7. The molecule has 3 amide bonds. The number of hydrogen-bond donors (Lipinski definition) is 2. The van der Waals surface area contributed by atoms with Crippen molar-refractivity contribution in [3.8, 4) is 11.5 Å². The van der Waals surface area contributed by atoms with Crippen LogP contribution in [0.4, 0.5) is 10.5 Å². The molecule has 0 radical (unpaired) electrons. The Bertz CT molecular complexity index is 1260. The van der Waals surface area contributed by atoms with Gasteiger partial charge >= 0.3 is 6.03 Å². The number of nitrogens with zero attached hydrogens (tertiary/aromatic N) is 2.